The fraction of sp³-hybridized carbons (Fsp3) is 0.412. The van der Waals surface area contributed by atoms with Crippen molar-refractivity contribution in [1.29, 1.82) is 5.26 Å². The summed E-state index contributed by atoms with van der Waals surface area (Å²) in [5, 5.41) is 13.7. The first-order valence-corrected chi connectivity index (χ1v) is 9.75. The average molecular weight is 344 g/mol. The van der Waals surface area contributed by atoms with E-state index in [1.807, 2.05) is 25.1 Å². The first kappa shape index (κ1) is 16.7. The summed E-state index contributed by atoms with van der Waals surface area (Å²) in [7, 11) is -3.20. The van der Waals surface area contributed by atoms with E-state index in [9.17, 15) is 13.7 Å². The molecule has 0 radical (unpaired) electrons. The number of fused-ring (bicyclic) bond motifs is 1. The van der Waals surface area contributed by atoms with Crippen LogP contribution in [0.4, 0.5) is 5.69 Å². The lowest BCUT2D eigenvalue weighted by molar-refractivity contribution is 0.329. The zero-order valence-corrected chi connectivity index (χ0v) is 14.6. The van der Waals surface area contributed by atoms with Crippen LogP contribution in [-0.4, -0.2) is 43.1 Å². The van der Waals surface area contributed by atoms with Gasteiger partial charge in [0.05, 0.1) is 23.0 Å². The third kappa shape index (κ3) is 3.21. The Labute approximate surface area is 142 Å². The molecule has 24 heavy (non-hydrogen) atoms. The lowest BCUT2D eigenvalue weighted by Gasteiger charge is -2.32. The molecule has 1 aromatic heterocycles. The van der Waals surface area contributed by atoms with Crippen LogP contribution >= 0.6 is 0 Å². The van der Waals surface area contributed by atoms with Crippen molar-refractivity contribution in [3.8, 4) is 6.07 Å². The molecule has 0 amide bonds. The normalized spacial score (nSPS) is 19.1. The quantitative estimate of drug-likeness (QED) is 0.923. The van der Waals surface area contributed by atoms with E-state index in [1.54, 1.807) is 6.20 Å². The summed E-state index contributed by atoms with van der Waals surface area (Å²) < 4.78 is 25.1. The molecule has 6 nitrogen and oxygen atoms in total. The van der Waals surface area contributed by atoms with Crippen LogP contribution in [0.15, 0.2) is 24.4 Å². The second-order valence-electron chi connectivity index (χ2n) is 6.23. The Bertz CT molecular complexity index is 918. The van der Waals surface area contributed by atoms with Crippen molar-refractivity contribution in [2.75, 3.05) is 24.7 Å². The van der Waals surface area contributed by atoms with E-state index >= 15 is 0 Å². The van der Waals surface area contributed by atoms with Crippen LogP contribution in [0.3, 0.4) is 0 Å². The Hall–Kier alpha value is -2.17. The van der Waals surface area contributed by atoms with Gasteiger partial charge in [0.15, 0.2) is 0 Å². The van der Waals surface area contributed by atoms with Crippen molar-refractivity contribution in [1.82, 2.24) is 9.29 Å². The van der Waals surface area contributed by atoms with Gasteiger partial charge in [-0.3, -0.25) is 4.98 Å². The van der Waals surface area contributed by atoms with E-state index in [0.29, 0.717) is 18.7 Å². The Balaban J connectivity index is 1.98. The standard InChI is InChI=1S/C17H20N4O2S/c1-12-5-3-7-15-16(12)19-10-13(9-18)17(15)20-14-6-4-8-21(11-14)24(2,22)23/h3,5,7,10,14H,4,6,8,11H2,1-2H3,(H,19,20)/t14-/m0/s1. The van der Waals surface area contributed by atoms with E-state index in [1.165, 1.54) is 10.6 Å². The number of nitrogens with zero attached hydrogens (tertiary/aromatic N) is 3. The van der Waals surface area contributed by atoms with Gasteiger partial charge in [0.2, 0.25) is 10.0 Å². The van der Waals surface area contributed by atoms with Crippen molar-refractivity contribution in [2.24, 2.45) is 0 Å². The highest BCUT2D eigenvalue weighted by molar-refractivity contribution is 7.88. The maximum Gasteiger partial charge on any atom is 0.211 e. The molecule has 7 heteroatoms. The number of aryl methyl sites for hydroxylation is 1. The molecule has 1 aromatic carbocycles. The number of piperidine rings is 1. The zero-order chi connectivity index (χ0) is 17.3. The van der Waals surface area contributed by atoms with E-state index in [0.717, 1.165) is 35.0 Å². The first-order valence-electron chi connectivity index (χ1n) is 7.90. The number of nitriles is 1. The van der Waals surface area contributed by atoms with Crippen molar-refractivity contribution in [3.63, 3.8) is 0 Å². The van der Waals surface area contributed by atoms with Gasteiger partial charge in [0.1, 0.15) is 6.07 Å². The van der Waals surface area contributed by atoms with Crippen molar-refractivity contribution in [3.05, 3.63) is 35.5 Å². The summed E-state index contributed by atoms with van der Waals surface area (Å²) >= 11 is 0. The Morgan fingerprint density at radius 1 is 1.42 bits per heavy atom. The fourth-order valence-corrected chi connectivity index (χ4v) is 4.09. The van der Waals surface area contributed by atoms with Gasteiger partial charge in [-0.25, -0.2) is 12.7 Å². The molecule has 2 aromatic rings. The number of rotatable bonds is 3. The summed E-state index contributed by atoms with van der Waals surface area (Å²) in [5.41, 5.74) is 3.12. The number of para-hydroxylation sites is 1. The predicted molar refractivity (Wildman–Crippen MR) is 94.3 cm³/mol. The van der Waals surface area contributed by atoms with Gasteiger partial charge < -0.3 is 5.32 Å². The molecular weight excluding hydrogens is 324 g/mol. The largest absolute Gasteiger partial charge is 0.379 e. The molecule has 2 heterocycles. The highest BCUT2D eigenvalue weighted by Crippen LogP contribution is 2.29. The Kier molecular flexibility index (Phi) is 4.43. The minimum absolute atomic E-state index is 0.0216. The SMILES string of the molecule is Cc1cccc2c(N[C@H]3CCCN(S(C)(=O)=O)C3)c(C#N)cnc12. The minimum Gasteiger partial charge on any atom is -0.379 e. The minimum atomic E-state index is -3.20. The molecule has 1 fully saturated rings. The molecule has 1 N–H and O–H groups in total. The molecule has 3 rings (SSSR count). The van der Waals surface area contributed by atoms with Gasteiger partial charge in [0, 0.05) is 30.7 Å². The number of nitrogens with one attached hydrogen (secondary N) is 1. The van der Waals surface area contributed by atoms with Gasteiger partial charge in [0.25, 0.3) is 0 Å². The number of hydrogen-bond acceptors (Lipinski definition) is 5. The zero-order valence-electron chi connectivity index (χ0n) is 13.8. The fourth-order valence-electron chi connectivity index (χ4n) is 3.18. The van der Waals surface area contributed by atoms with E-state index in [2.05, 4.69) is 16.4 Å². The smallest absolute Gasteiger partial charge is 0.211 e. The molecule has 126 valence electrons. The third-order valence-electron chi connectivity index (χ3n) is 4.42. The monoisotopic (exact) mass is 344 g/mol. The van der Waals surface area contributed by atoms with E-state index < -0.39 is 10.0 Å². The van der Waals surface area contributed by atoms with E-state index in [-0.39, 0.29) is 6.04 Å². The molecule has 1 saturated heterocycles. The van der Waals surface area contributed by atoms with Crippen molar-refractivity contribution < 1.29 is 8.42 Å². The Morgan fingerprint density at radius 2 is 2.21 bits per heavy atom. The molecular formula is C17H20N4O2S. The van der Waals surface area contributed by atoms with Gasteiger partial charge in [-0.2, -0.15) is 5.26 Å². The van der Waals surface area contributed by atoms with Gasteiger partial charge in [-0.05, 0) is 25.3 Å². The summed E-state index contributed by atoms with van der Waals surface area (Å²) in [4.78, 5) is 4.39. The molecule has 0 bridgehead atoms. The summed E-state index contributed by atoms with van der Waals surface area (Å²) in [5.74, 6) is 0. The van der Waals surface area contributed by atoms with Crippen LogP contribution in [-0.2, 0) is 10.0 Å². The van der Waals surface area contributed by atoms with E-state index in [4.69, 9.17) is 0 Å². The maximum atomic E-state index is 11.8. The van der Waals surface area contributed by atoms with Gasteiger partial charge in [-0.1, -0.05) is 18.2 Å². The van der Waals surface area contributed by atoms with Crippen molar-refractivity contribution >= 4 is 26.6 Å². The lowest BCUT2D eigenvalue weighted by Crippen LogP contribution is -2.44. The van der Waals surface area contributed by atoms with Crippen molar-refractivity contribution in [2.45, 2.75) is 25.8 Å². The number of pyridine rings is 1. The third-order valence-corrected chi connectivity index (χ3v) is 5.69. The van der Waals surface area contributed by atoms with Crippen LogP contribution in [0, 0.1) is 18.3 Å². The van der Waals surface area contributed by atoms with Gasteiger partial charge in [-0.15, -0.1) is 0 Å². The maximum absolute atomic E-state index is 11.8. The average Bonchev–Trinajstić information content (AvgIpc) is 2.55. The van der Waals surface area contributed by atoms with Crippen LogP contribution in [0.5, 0.6) is 0 Å². The second kappa shape index (κ2) is 6.38. The van der Waals surface area contributed by atoms with Crippen LogP contribution in [0.1, 0.15) is 24.0 Å². The highest BCUT2D eigenvalue weighted by Gasteiger charge is 2.26. The summed E-state index contributed by atoms with van der Waals surface area (Å²) in [6.45, 7) is 2.95. The Morgan fingerprint density at radius 3 is 2.92 bits per heavy atom. The van der Waals surface area contributed by atoms with Crippen LogP contribution in [0.2, 0.25) is 0 Å². The number of anilines is 1. The molecule has 1 aliphatic heterocycles. The molecule has 0 aliphatic carbocycles. The molecule has 0 saturated carbocycles. The molecule has 1 atom stereocenters. The topological polar surface area (TPSA) is 86.1 Å². The molecule has 0 unspecified atom stereocenters. The lowest BCUT2D eigenvalue weighted by atomic mass is 10.0. The number of benzene rings is 1. The summed E-state index contributed by atoms with van der Waals surface area (Å²) in [6.07, 6.45) is 4.48. The second-order valence-corrected chi connectivity index (χ2v) is 8.22. The molecule has 1 aliphatic rings. The number of hydrogen-bond donors (Lipinski definition) is 1. The predicted octanol–water partition coefficient (Wildman–Crippen LogP) is 2.25. The number of aromatic nitrogens is 1. The number of sulfonamides is 1. The molecule has 0 spiro atoms. The first-order chi connectivity index (χ1) is 11.4. The van der Waals surface area contributed by atoms with Crippen LogP contribution < -0.4 is 5.32 Å². The summed E-state index contributed by atoms with van der Waals surface area (Å²) in [6, 6.07) is 8.02. The van der Waals surface area contributed by atoms with Gasteiger partial charge >= 0.3 is 0 Å². The van der Waals surface area contributed by atoms with Crippen LogP contribution in [0.25, 0.3) is 10.9 Å². The highest BCUT2D eigenvalue weighted by atomic mass is 32.2.